The maximum atomic E-state index is 12.8. The molecule has 0 radical (unpaired) electrons. The molecule has 0 atom stereocenters. The zero-order chi connectivity index (χ0) is 16.8. The van der Waals surface area contributed by atoms with E-state index in [9.17, 15) is 9.18 Å². The number of rotatable bonds is 5. The van der Waals surface area contributed by atoms with Crippen LogP contribution in [0.15, 0.2) is 36.4 Å². The molecule has 0 fully saturated rings. The van der Waals surface area contributed by atoms with Crippen molar-refractivity contribution in [3.8, 4) is 11.5 Å². The molecule has 2 aromatic rings. The summed E-state index contributed by atoms with van der Waals surface area (Å²) in [6, 6.07) is 8.55. The quantitative estimate of drug-likeness (QED) is 0.871. The first kappa shape index (κ1) is 16.9. The third-order valence-electron chi connectivity index (χ3n) is 3.09. The lowest BCUT2D eigenvalue weighted by molar-refractivity contribution is 0.251. The van der Waals surface area contributed by atoms with E-state index in [1.165, 1.54) is 32.4 Å². The average Bonchev–Trinajstić information content (AvgIpc) is 2.54. The van der Waals surface area contributed by atoms with Gasteiger partial charge in [-0.05, 0) is 23.8 Å². The zero-order valence-electron chi connectivity index (χ0n) is 12.7. The van der Waals surface area contributed by atoms with Gasteiger partial charge in [0.25, 0.3) is 0 Å². The molecule has 122 valence electrons. The molecule has 0 spiro atoms. The summed E-state index contributed by atoms with van der Waals surface area (Å²) in [5.41, 5.74) is 1.19. The van der Waals surface area contributed by atoms with Crippen molar-refractivity contribution in [2.45, 2.75) is 6.54 Å². The van der Waals surface area contributed by atoms with Gasteiger partial charge in [0, 0.05) is 12.6 Å². The van der Waals surface area contributed by atoms with Crippen LogP contribution in [0.4, 0.5) is 14.9 Å². The first-order valence-electron chi connectivity index (χ1n) is 6.74. The number of amides is 2. The molecule has 0 saturated heterocycles. The minimum atomic E-state index is -0.436. The fourth-order valence-electron chi connectivity index (χ4n) is 1.91. The molecule has 7 heteroatoms. The van der Waals surface area contributed by atoms with Crippen LogP contribution in [0.25, 0.3) is 0 Å². The zero-order valence-corrected chi connectivity index (χ0v) is 13.4. The lowest BCUT2D eigenvalue weighted by Crippen LogP contribution is -2.28. The largest absolute Gasteiger partial charge is 0.495 e. The summed E-state index contributed by atoms with van der Waals surface area (Å²) in [5.74, 6) is 0.541. The van der Waals surface area contributed by atoms with E-state index in [0.29, 0.717) is 22.2 Å². The normalized spacial score (nSPS) is 10.1. The molecule has 23 heavy (non-hydrogen) atoms. The van der Waals surface area contributed by atoms with Crippen molar-refractivity contribution in [2.24, 2.45) is 0 Å². The van der Waals surface area contributed by atoms with Crippen LogP contribution in [0.2, 0.25) is 5.02 Å². The second-order valence-electron chi connectivity index (χ2n) is 4.62. The van der Waals surface area contributed by atoms with Crippen LogP contribution in [-0.2, 0) is 6.54 Å². The molecule has 2 rings (SSSR count). The van der Waals surface area contributed by atoms with E-state index in [0.717, 1.165) is 5.56 Å². The second kappa shape index (κ2) is 7.69. The number of halogens is 2. The van der Waals surface area contributed by atoms with Gasteiger partial charge in [-0.2, -0.15) is 0 Å². The van der Waals surface area contributed by atoms with Crippen LogP contribution in [0.1, 0.15) is 5.56 Å². The van der Waals surface area contributed by atoms with Crippen LogP contribution in [-0.4, -0.2) is 20.3 Å². The Morgan fingerprint density at radius 1 is 1.13 bits per heavy atom. The van der Waals surface area contributed by atoms with Crippen molar-refractivity contribution in [2.75, 3.05) is 19.5 Å². The van der Waals surface area contributed by atoms with Crippen molar-refractivity contribution in [1.82, 2.24) is 5.32 Å². The van der Waals surface area contributed by atoms with Crippen molar-refractivity contribution in [3.05, 3.63) is 52.8 Å². The van der Waals surface area contributed by atoms with Gasteiger partial charge in [-0.3, -0.25) is 0 Å². The monoisotopic (exact) mass is 338 g/mol. The van der Waals surface area contributed by atoms with Crippen LogP contribution < -0.4 is 20.1 Å². The molecule has 2 amide bonds. The van der Waals surface area contributed by atoms with Gasteiger partial charge in [0.2, 0.25) is 0 Å². The number of anilines is 1. The van der Waals surface area contributed by atoms with Crippen LogP contribution >= 0.6 is 11.6 Å². The van der Waals surface area contributed by atoms with Gasteiger partial charge >= 0.3 is 6.03 Å². The van der Waals surface area contributed by atoms with Gasteiger partial charge in [0.05, 0.1) is 24.9 Å². The minimum Gasteiger partial charge on any atom is -0.495 e. The van der Waals surface area contributed by atoms with Crippen molar-refractivity contribution >= 4 is 23.3 Å². The Morgan fingerprint density at radius 3 is 2.39 bits per heavy atom. The maximum absolute atomic E-state index is 12.8. The number of carbonyl (C=O) groups is 1. The summed E-state index contributed by atoms with van der Waals surface area (Å²) in [7, 11) is 2.97. The summed E-state index contributed by atoms with van der Waals surface area (Å²) < 4.78 is 23.1. The number of carbonyl (C=O) groups excluding carboxylic acids is 1. The first-order chi connectivity index (χ1) is 11.0. The summed E-state index contributed by atoms with van der Waals surface area (Å²) in [4.78, 5) is 12.0. The molecule has 0 bridgehead atoms. The van der Waals surface area contributed by atoms with Gasteiger partial charge in [-0.1, -0.05) is 23.7 Å². The predicted octanol–water partition coefficient (Wildman–Crippen LogP) is 3.82. The third kappa shape index (κ3) is 4.50. The smallest absolute Gasteiger partial charge is 0.319 e. The summed E-state index contributed by atoms with van der Waals surface area (Å²) in [5, 5.41) is 5.66. The Morgan fingerprint density at radius 2 is 1.78 bits per heavy atom. The summed E-state index contributed by atoms with van der Waals surface area (Å²) in [6.45, 7) is 0.262. The van der Waals surface area contributed by atoms with Crippen molar-refractivity contribution in [1.29, 1.82) is 0 Å². The minimum absolute atomic E-state index is 0.262. The Balaban J connectivity index is 2.02. The Bertz CT molecular complexity index is 692. The maximum Gasteiger partial charge on any atom is 0.319 e. The Kier molecular flexibility index (Phi) is 5.65. The number of hydrogen-bond acceptors (Lipinski definition) is 3. The number of urea groups is 1. The summed E-state index contributed by atoms with van der Waals surface area (Å²) in [6.07, 6.45) is 0. The van der Waals surface area contributed by atoms with Crippen LogP contribution in [0, 0.1) is 5.82 Å². The number of hydrogen-bond donors (Lipinski definition) is 2. The van der Waals surface area contributed by atoms with Crippen LogP contribution in [0.3, 0.4) is 0 Å². The number of nitrogens with one attached hydrogen (secondary N) is 2. The predicted molar refractivity (Wildman–Crippen MR) is 86.8 cm³/mol. The Labute approximate surface area is 138 Å². The van der Waals surface area contributed by atoms with E-state index in [1.54, 1.807) is 18.2 Å². The first-order valence-corrected chi connectivity index (χ1v) is 7.12. The lowest BCUT2D eigenvalue weighted by atomic mass is 10.2. The second-order valence-corrected chi connectivity index (χ2v) is 5.03. The molecule has 0 saturated carbocycles. The van der Waals surface area contributed by atoms with Crippen LogP contribution in [0.5, 0.6) is 11.5 Å². The molecule has 0 unspecified atom stereocenters. The van der Waals surface area contributed by atoms with Gasteiger partial charge in [0.1, 0.15) is 17.3 Å². The number of ether oxygens (including phenoxy) is 2. The van der Waals surface area contributed by atoms with Gasteiger partial charge < -0.3 is 20.1 Å². The average molecular weight is 339 g/mol. The lowest BCUT2D eigenvalue weighted by Gasteiger charge is -2.13. The van der Waals surface area contributed by atoms with Gasteiger partial charge in [-0.15, -0.1) is 0 Å². The number of benzene rings is 2. The highest BCUT2D eigenvalue weighted by atomic mass is 35.5. The SMILES string of the molecule is COc1cc(OC)c(NC(=O)NCc2ccc(F)cc2)cc1Cl. The fraction of sp³-hybridized carbons (Fsp3) is 0.188. The Hall–Kier alpha value is -2.47. The van der Waals surface area contributed by atoms with E-state index in [4.69, 9.17) is 21.1 Å². The molecule has 0 aliphatic rings. The topological polar surface area (TPSA) is 59.6 Å². The molecular formula is C16H16ClFN2O3. The molecule has 0 heterocycles. The molecule has 0 aromatic heterocycles. The standard InChI is InChI=1S/C16H16ClFN2O3/c1-22-14-8-15(23-2)13(7-12(14)17)20-16(21)19-9-10-3-5-11(18)6-4-10/h3-8H,9H2,1-2H3,(H2,19,20,21). The third-order valence-corrected chi connectivity index (χ3v) is 3.38. The molecule has 0 aliphatic carbocycles. The van der Waals surface area contributed by atoms with E-state index >= 15 is 0 Å². The highest BCUT2D eigenvalue weighted by Crippen LogP contribution is 2.35. The number of methoxy groups -OCH3 is 2. The molecule has 2 N–H and O–H groups in total. The molecular weight excluding hydrogens is 323 g/mol. The van der Waals surface area contributed by atoms with Gasteiger partial charge in [0.15, 0.2) is 0 Å². The molecule has 2 aromatic carbocycles. The highest BCUT2D eigenvalue weighted by molar-refractivity contribution is 6.32. The molecule has 0 aliphatic heterocycles. The van der Waals surface area contributed by atoms with Crippen molar-refractivity contribution in [3.63, 3.8) is 0 Å². The van der Waals surface area contributed by atoms with Gasteiger partial charge in [-0.25, -0.2) is 9.18 Å². The van der Waals surface area contributed by atoms with E-state index in [-0.39, 0.29) is 12.4 Å². The molecule has 5 nitrogen and oxygen atoms in total. The van der Waals surface area contributed by atoms with E-state index in [1.807, 2.05) is 0 Å². The van der Waals surface area contributed by atoms with E-state index < -0.39 is 6.03 Å². The fourth-order valence-corrected chi connectivity index (χ4v) is 2.15. The summed E-state index contributed by atoms with van der Waals surface area (Å²) >= 11 is 6.04. The van der Waals surface area contributed by atoms with E-state index in [2.05, 4.69) is 10.6 Å². The highest BCUT2D eigenvalue weighted by Gasteiger charge is 2.12. The van der Waals surface area contributed by atoms with Crippen molar-refractivity contribution < 1.29 is 18.7 Å².